The van der Waals surface area contributed by atoms with Crippen LogP contribution in [0.1, 0.15) is 28.4 Å². The van der Waals surface area contributed by atoms with Gasteiger partial charge in [-0.3, -0.25) is 0 Å². The van der Waals surface area contributed by atoms with Gasteiger partial charge in [-0.25, -0.2) is 0 Å². The molecule has 19 heavy (non-hydrogen) atoms. The van der Waals surface area contributed by atoms with Gasteiger partial charge in [0.2, 0.25) is 0 Å². The van der Waals surface area contributed by atoms with Crippen molar-refractivity contribution < 1.29 is 9.84 Å². The Morgan fingerprint density at radius 1 is 1.05 bits per heavy atom. The van der Waals surface area contributed by atoms with Crippen LogP contribution in [0.2, 0.25) is 0 Å². The highest BCUT2D eigenvalue weighted by Crippen LogP contribution is 2.24. The lowest BCUT2D eigenvalue weighted by Gasteiger charge is -2.13. The zero-order valence-electron chi connectivity index (χ0n) is 10.9. The Labute approximate surface area is 113 Å². The van der Waals surface area contributed by atoms with Gasteiger partial charge in [0.15, 0.2) is 0 Å². The predicted molar refractivity (Wildman–Crippen MR) is 75.2 cm³/mol. The van der Waals surface area contributed by atoms with E-state index in [9.17, 15) is 5.11 Å². The van der Waals surface area contributed by atoms with E-state index in [4.69, 9.17) is 4.74 Å². The van der Waals surface area contributed by atoms with Crippen molar-refractivity contribution in [1.29, 1.82) is 0 Å². The van der Waals surface area contributed by atoms with Gasteiger partial charge in [-0.15, -0.1) is 0 Å². The summed E-state index contributed by atoms with van der Waals surface area (Å²) < 4.78 is 5.40. The van der Waals surface area contributed by atoms with Gasteiger partial charge in [0.05, 0.1) is 13.2 Å². The number of hydrogen-bond acceptors (Lipinski definition) is 2. The number of ether oxygens (including phenoxy) is 1. The zero-order chi connectivity index (χ0) is 13.1. The molecule has 0 fully saturated rings. The standard InChI is InChI=1S/C17H18O2/c18-17-12-19-9-8-15-7-6-14(11-16(15)17)10-13-4-2-1-3-5-13/h1-7,11,17-18H,8-10,12H2. The zero-order valence-corrected chi connectivity index (χ0v) is 10.9. The van der Waals surface area contributed by atoms with Crippen molar-refractivity contribution in [3.63, 3.8) is 0 Å². The second-order valence-corrected chi connectivity index (χ2v) is 5.04. The predicted octanol–water partition coefficient (Wildman–Crippen LogP) is 2.88. The first kappa shape index (κ1) is 12.4. The molecule has 0 bridgehead atoms. The quantitative estimate of drug-likeness (QED) is 0.893. The van der Waals surface area contributed by atoms with Crippen LogP contribution >= 0.6 is 0 Å². The number of fused-ring (bicyclic) bond motifs is 1. The maximum Gasteiger partial charge on any atom is 0.103 e. The van der Waals surface area contributed by atoms with Gasteiger partial charge in [0.1, 0.15) is 6.10 Å². The van der Waals surface area contributed by atoms with E-state index in [-0.39, 0.29) is 0 Å². The van der Waals surface area contributed by atoms with Crippen molar-refractivity contribution in [1.82, 2.24) is 0 Å². The Kier molecular flexibility index (Phi) is 3.62. The van der Waals surface area contributed by atoms with Gasteiger partial charge < -0.3 is 9.84 Å². The van der Waals surface area contributed by atoms with Crippen LogP contribution in [0.4, 0.5) is 0 Å². The van der Waals surface area contributed by atoms with Crippen molar-refractivity contribution in [2.45, 2.75) is 18.9 Å². The van der Waals surface area contributed by atoms with Crippen LogP contribution in [0.3, 0.4) is 0 Å². The first-order valence-corrected chi connectivity index (χ1v) is 6.74. The highest BCUT2D eigenvalue weighted by Gasteiger charge is 2.16. The molecule has 1 aliphatic heterocycles. The molecule has 0 saturated heterocycles. The Morgan fingerprint density at radius 3 is 2.74 bits per heavy atom. The highest BCUT2D eigenvalue weighted by atomic mass is 16.5. The van der Waals surface area contributed by atoms with E-state index in [1.54, 1.807) is 0 Å². The van der Waals surface area contributed by atoms with Crippen LogP contribution < -0.4 is 0 Å². The van der Waals surface area contributed by atoms with E-state index >= 15 is 0 Å². The molecule has 0 amide bonds. The van der Waals surface area contributed by atoms with E-state index in [0.717, 1.165) is 18.4 Å². The maximum atomic E-state index is 10.1. The first-order chi connectivity index (χ1) is 9.33. The second kappa shape index (κ2) is 5.55. The SMILES string of the molecule is OC1COCCc2ccc(Cc3ccccc3)cc21. The van der Waals surface area contributed by atoms with Crippen LogP contribution in [0.25, 0.3) is 0 Å². The molecule has 1 atom stereocenters. The summed E-state index contributed by atoms with van der Waals surface area (Å²) in [5.41, 5.74) is 4.78. The molecular weight excluding hydrogens is 236 g/mol. The number of hydrogen-bond donors (Lipinski definition) is 1. The van der Waals surface area contributed by atoms with Gasteiger partial charge in [-0.2, -0.15) is 0 Å². The van der Waals surface area contributed by atoms with E-state index in [1.165, 1.54) is 16.7 Å². The summed E-state index contributed by atoms with van der Waals surface area (Å²) in [4.78, 5) is 0. The van der Waals surface area contributed by atoms with E-state index < -0.39 is 6.10 Å². The van der Waals surface area contributed by atoms with E-state index in [1.807, 2.05) is 6.07 Å². The highest BCUT2D eigenvalue weighted by molar-refractivity contribution is 5.37. The van der Waals surface area contributed by atoms with Crippen LogP contribution in [0.15, 0.2) is 48.5 Å². The van der Waals surface area contributed by atoms with Gasteiger partial charge in [-0.1, -0.05) is 48.5 Å². The average molecular weight is 254 g/mol. The fraction of sp³-hybridized carbons (Fsp3) is 0.294. The molecule has 2 heteroatoms. The molecule has 0 radical (unpaired) electrons. The average Bonchev–Trinajstić information content (AvgIpc) is 2.62. The van der Waals surface area contributed by atoms with Gasteiger partial charge in [0, 0.05) is 0 Å². The molecule has 2 nitrogen and oxygen atoms in total. The number of aliphatic hydroxyl groups is 1. The summed E-state index contributed by atoms with van der Waals surface area (Å²) >= 11 is 0. The summed E-state index contributed by atoms with van der Waals surface area (Å²) in [6, 6.07) is 16.8. The molecule has 0 aromatic heterocycles. The first-order valence-electron chi connectivity index (χ1n) is 6.74. The maximum absolute atomic E-state index is 10.1. The van der Waals surface area contributed by atoms with Crippen LogP contribution in [-0.2, 0) is 17.6 Å². The molecule has 1 N–H and O–H groups in total. The van der Waals surface area contributed by atoms with Gasteiger partial charge in [-0.05, 0) is 35.1 Å². The molecule has 0 aliphatic carbocycles. The molecule has 2 aromatic carbocycles. The lowest BCUT2D eigenvalue weighted by atomic mass is 9.95. The summed E-state index contributed by atoms with van der Waals surface area (Å²) in [6.07, 6.45) is 1.30. The van der Waals surface area contributed by atoms with Crippen LogP contribution in [0.5, 0.6) is 0 Å². The minimum Gasteiger partial charge on any atom is -0.386 e. The summed E-state index contributed by atoms with van der Waals surface area (Å²) in [7, 11) is 0. The lowest BCUT2D eigenvalue weighted by molar-refractivity contribution is 0.0451. The minimum absolute atomic E-state index is 0.405. The number of aliphatic hydroxyl groups excluding tert-OH is 1. The van der Waals surface area contributed by atoms with Crippen molar-refractivity contribution in [2.24, 2.45) is 0 Å². The minimum atomic E-state index is -0.492. The molecule has 2 aromatic rings. The lowest BCUT2D eigenvalue weighted by Crippen LogP contribution is -2.05. The Hall–Kier alpha value is -1.64. The molecule has 0 spiro atoms. The monoisotopic (exact) mass is 254 g/mol. The van der Waals surface area contributed by atoms with Crippen molar-refractivity contribution in [3.05, 3.63) is 70.8 Å². The molecule has 3 rings (SSSR count). The molecule has 98 valence electrons. The second-order valence-electron chi connectivity index (χ2n) is 5.04. The Morgan fingerprint density at radius 2 is 1.89 bits per heavy atom. The molecule has 0 saturated carbocycles. The Balaban J connectivity index is 1.88. The summed E-state index contributed by atoms with van der Waals surface area (Å²) in [5, 5.41) is 10.1. The third-order valence-electron chi connectivity index (χ3n) is 3.61. The van der Waals surface area contributed by atoms with Crippen molar-refractivity contribution >= 4 is 0 Å². The smallest absolute Gasteiger partial charge is 0.103 e. The third-order valence-corrected chi connectivity index (χ3v) is 3.61. The molecule has 1 aliphatic rings. The van der Waals surface area contributed by atoms with Gasteiger partial charge in [0.25, 0.3) is 0 Å². The fourth-order valence-corrected chi connectivity index (χ4v) is 2.59. The van der Waals surface area contributed by atoms with Gasteiger partial charge >= 0.3 is 0 Å². The number of benzene rings is 2. The van der Waals surface area contributed by atoms with E-state index in [0.29, 0.717) is 13.2 Å². The normalized spacial score (nSPS) is 18.7. The third kappa shape index (κ3) is 2.86. The van der Waals surface area contributed by atoms with E-state index in [2.05, 4.69) is 42.5 Å². The fourth-order valence-electron chi connectivity index (χ4n) is 2.59. The topological polar surface area (TPSA) is 29.5 Å². The molecular formula is C17H18O2. The molecule has 1 heterocycles. The largest absolute Gasteiger partial charge is 0.386 e. The summed E-state index contributed by atoms with van der Waals surface area (Å²) in [6.45, 7) is 1.10. The summed E-state index contributed by atoms with van der Waals surface area (Å²) in [5.74, 6) is 0. The number of rotatable bonds is 2. The van der Waals surface area contributed by atoms with Crippen molar-refractivity contribution in [3.8, 4) is 0 Å². The van der Waals surface area contributed by atoms with Crippen LogP contribution in [0, 0.1) is 0 Å². The van der Waals surface area contributed by atoms with Crippen molar-refractivity contribution in [2.75, 3.05) is 13.2 Å². The molecule has 1 unspecified atom stereocenters. The Bertz CT molecular complexity index is 548. The van der Waals surface area contributed by atoms with Crippen LogP contribution in [-0.4, -0.2) is 18.3 Å².